The average Bonchev–Trinajstić information content (AvgIpc) is 3.33. The number of carboxylic acids is 1. The average molecular weight is 454 g/mol. The van der Waals surface area contributed by atoms with Gasteiger partial charge in [0.05, 0.1) is 6.26 Å². The minimum atomic E-state index is -0.773. The van der Waals surface area contributed by atoms with Crippen LogP contribution in [0.3, 0.4) is 0 Å². The zero-order valence-corrected chi connectivity index (χ0v) is 18.8. The van der Waals surface area contributed by atoms with Gasteiger partial charge in [-0.3, -0.25) is 14.4 Å². The SMILES string of the molecule is O=C(O)C[C@@H]1CCN(C(=O)c2ccco2)C[C@@H]1CCN1C[C@@H]2C[C@H](C1)c1cccc(=O)n1C2. The molecule has 0 aromatic carbocycles. The maximum absolute atomic E-state index is 12.8. The predicted octanol–water partition coefficient (Wildman–Crippen LogP) is 2.50. The van der Waals surface area contributed by atoms with Gasteiger partial charge in [-0.05, 0) is 61.8 Å². The second-order valence-corrected chi connectivity index (χ2v) is 9.88. The van der Waals surface area contributed by atoms with E-state index in [0.29, 0.717) is 37.1 Å². The fourth-order valence-electron chi connectivity index (χ4n) is 6.17. The van der Waals surface area contributed by atoms with Crippen molar-refractivity contribution in [3.63, 3.8) is 0 Å². The van der Waals surface area contributed by atoms with Crippen molar-refractivity contribution in [2.24, 2.45) is 17.8 Å². The molecule has 176 valence electrons. The van der Waals surface area contributed by atoms with E-state index in [1.54, 1.807) is 18.2 Å². The quantitative estimate of drug-likeness (QED) is 0.722. The zero-order valence-electron chi connectivity index (χ0n) is 18.8. The molecule has 0 saturated carbocycles. The van der Waals surface area contributed by atoms with Crippen molar-refractivity contribution >= 4 is 11.9 Å². The first-order chi connectivity index (χ1) is 16.0. The topological polar surface area (TPSA) is 96.0 Å². The molecule has 0 radical (unpaired) electrons. The molecule has 2 fully saturated rings. The van der Waals surface area contributed by atoms with Gasteiger partial charge in [-0.2, -0.15) is 0 Å². The molecular weight excluding hydrogens is 422 g/mol. The van der Waals surface area contributed by atoms with Gasteiger partial charge in [0.2, 0.25) is 0 Å². The molecule has 33 heavy (non-hydrogen) atoms. The van der Waals surface area contributed by atoms with Crippen LogP contribution in [0.25, 0.3) is 0 Å². The number of aliphatic carboxylic acids is 1. The summed E-state index contributed by atoms with van der Waals surface area (Å²) in [4.78, 5) is 40.8. The van der Waals surface area contributed by atoms with Gasteiger partial charge in [0, 0.05) is 56.8 Å². The van der Waals surface area contributed by atoms with Crippen molar-refractivity contribution in [1.82, 2.24) is 14.4 Å². The summed E-state index contributed by atoms with van der Waals surface area (Å²) in [7, 11) is 0. The van der Waals surface area contributed by atoms with E-state index in [1.807, 2.05) is 15.5 Å². The Labute approximate surface area is 192 Å². The van der Waals surface area contributed by atoms with Crippen LogP contribution in [0.15, 0.2) is 45.8 Å². The van der Waals surface area contributed by atoms with E-state index in [2.05, 4.69) is 11.0 Å². The smallest absolute Gasteiger partial charge is 0.303 e. The Balaban J connectivity index is 1.25. The number of aromatic nitrogens is 1. The molecule has 1 amide bonds. The molecule has 8 nitrogen and oxygen atoms in total. The van der Waals surface area contributed by atoms with Gasteiger partial charge in [0.1, 0.15) is 0 Å². The van der Waals surface area contributed by atoms with Gasteiger partial charge < -0.3 is 23.9 Å². The summed E-state index contributed by atoms with van der Waals surface area (Å²) in [5, 5.41) is 9.42. The molecular formula is C25H31N3O5. The third-order valence-corrected chi connectivity index (χ3v) is 7.72. The zero-order chi connectivity index (χ0) is 22.9. The lowest BCUT2D eigenvalue weighted by Crippen LogP contribution is -2.49. The first-order valence-electron chi connectivity index (χ1n) is 11.9. The van der Waals surface area contributed by atoms with E-state index >= 15 is 0 Å². The molecule has 0 spiro atoms. The van der Waals surface area contributed by atoms with Gasteiger partial charge >= 0.3 is 5.97 Å². The van der Waals surface area contributed by atoms with Crippen molar-refractivity contribution in [2.75, 3.05) is 32.7 Å². The van der Waals surface area contributed by atoms with Gasteiger partial charge in [0.15, 0.2) is 5.76 Å². The van der Waals surface area contributed by atoms with Crippen molar-refractivity contribution in [2.45, 2.75) is 38.1 Å². The highest BCUT2D eigenvalue weighted by molar-refractivity contribution is 5.91. The van der Waals surface area contributed by atoms with Crippen LogP contribution in [0.2, 0.25) is 0 Å². The molecule has 5 rings (SSSR count). The first-order valence-corrected chi connectivity index (χ1v) is 11.9. The van der Waals surface area contributed by atoms with Gasteiger partial charge in [-0.25, -0.2) is 0 Å². The minimum Gasteiger partial charge on any atom is -0.481 e. The van der Waals surface area contributed by atoms with Crippen LogP contribution in [0.5, 0.6) is 0 Å². The molecule has 1 N–H and O–H groups in total. The van der Waals surface area contributed by atoms with E-state index < -0.39 is 5.97 Å². The Hall–Kier alpha value is -2.87. The predicted molar refractivity (Wildman–Crippen MR) is 121 cm³/mol. The molecule has 2 saturated heterocycles. The van der Waals surface area contributed by atoms with Crippen LogP contribution in [0.1, 0.15) is 47.8 Å². The van der Waals surface area contributed by atoms with Crippen molar-refractivity contribution in [3.05, 3.63) is 58.4 Å². The van der Waals surface area contributed by atoms with Crippen LogP contribution in [-0.4, -0.2) is 64.1 Å². The van der Waals surface area contributed by atoms with Crippen LogP contribution in [-0.2, 0) is 11.3 Å². The highest BCUT2D eigenvalue weighted by Crippen LogP contribution is 2.36. The molecule has 3 aliphatic rings. The highest BCUT2D eigenvalue weighted by Gasteiger charge is 2.37. The van der Waals surface area contributed by atoms with Gasteiger partial charge in [0.25, 0.3) is 11.5 Å². The van der Waals surface area contributed by atoms with E-state index in [9.17, 15) is 19.5 Å². The number of carbonyl (C=O) groups is 2. The summed E-state index contributed by atoms with van der Waals surface area (Å²) in [6.07, 6.45) is 4.33. The lowest BCUT2D eigenvalue weighted by atomic mass is 9.80. The number of fused-ring (bicyclic) bond motifs is 4. The number of likely N-dealkylation sites (tertiary alicyclic amines) is 2. The number of nitrogens with zero attached hydrogens (tertiary/aromatic N) is 3. The Morgan fingerprint density at radius 3 is 2.73 bits per heavy atom. The number of hydrogen-bond acceptors (Lipinski definition) is 5. The molecule has 2 aromatic heterocycles. The summed E-state index contributed by atoms with van der Waals surface area (Å²) in [5.41, 5.74) is 1.23. The van der Waals surface area contributed by atoms with Crippen LogP contribution in [0, 0.1) is 17.8 Å². The number of rotatable bonds is 6. The number of pyridine rings is 1. The number of furan rings is 1. The lowest BCUT2D eigenvalue weighted by molar-refractivity contribution is -0.139. The molecule has 5 heterocycles. The second kappa shape index (κ2) is 9.17. The Morgan fingerprint density at radius 2 is 1.94 bits per heavy atom. The van der Waals surface area contributed by atoms with E-state index in [1.165, 1.54) is 6.26 Å². The molecule has 4 atom stereocenters. The fourth-order valence-corrected chi connectivity index (χ4v) is 6.17. The van der Waals surface area contributed by atoms with Crippen LogP contribution < -0.4 is 5.56 Å². The maximum Gasteiger partial charge on any atom is 0.303 e. The first kappa shape index (κ1) is 21.9. The van der Waals surface area contributed by atoms with E-state index in [-0.39, 0.29) is 29.7 Å². The number of amides is 1. The maximum atomic E-state index is 12.8. The second-order valence-electron chi connectivity index (χ2n) is 9.88. The number of hydrogen-bond donors (Lipinski definition) is 1. The van der Waals surface area contributed by atoms with Crippen molar-refractivity contribution in [1.29, 1.82) is 0 Å². The van der Waals surface area contributed by atoms with Gasteiger partial charge in [-0.15, -0.1) is 0 Å². The molecule has 8 heteroatoms. The molecule has 3 aliphatic heterocycles. The number of carbonyl (C=O) groups excluding carboxylic acids is 1. The van der Waals surface area contributed by atoms with E-state index in [4.69, 9.17) is 4.42 Å². The Kier molecular flexibility index (Phi) is 6.10. The largest absolute Gasteiger partial charge is 0.481 e. The molecule has 2 aromatic rings. The Morgan fingerprint density at radius 1 is 1.06 bits per heavy atom. The standard InChI is InChI=1S/C25H31N3O5/c29-23-5-1-3-21-20-11-17(14-28(21)23)13-26(15-20)8-6-19-16-27(9-7-18(19)12-24(30)31)25(32)22-4-2-10-33-22/h1-5,10,17-20H,6-9,11-16H2,(H,30,31)/t17-,18-,19-,20+/m0/s1. The summed E-state index contributed by atoms with van der Waals surface area (Å²) >= 11 is 0. The summed E-state index contributed by atoms with van der Waals surface area (Å²) in [6.45, 7) is 4.67. The summed E-state index contributed by atoms with van der Waals surface area (Å²) in [6, 6.07) is 8.96. The fraction of sp³-hybridized carbons (Fsp3) is 0.560. The number of piperidine rings is 2. The van der Waals surface area contributed by atoms with E-state index in [0.717, 1.165) is 44.7 Å². The normalized spacial score (nSPS) is 27.2. The third kappa shape index (κ3) is 4.62. The molecule has 0 aliphatic carbocycles. The van der Waals surface area contributed by atoms with Crippen LogP contribution in [0.4, 0.5) is 0 Å². The summed E-state index contributed by atoms with van der Waals surface area (Å²) in [5.74, 6) is 0.498. The minimum absolute atomic E-state index is 0.0757. The number of carboxylic acid groups (broad SMARTS) is 1. The monoisotopic (exact) mass is 453 g/mol. The van der Waals surface area contributed by atoms with Gasteiger partial charge in [-0.1, -0.05) is 6.07 Å². The molecule has 0 unspecified atom stereocenters. The third-order valence-electron chi connectivity index (χ3n) is 7.72. The lowest BCUT2D eigenvalue weighted by Gasteiger charge is -2.44. The highest BCUT2D eigenvalue weighted by atomic mass is 16.4. The molecule has 2 bridgehead atoms. The summed E-state index contributed by atoms with van der Waals surface area (Å²) < 4.78 is 7.23. The van der Waals surface area contributed by atoms with Crippen molar-refractivity contribution in [3.8, 4) is 0 Å². The van der Waals surface area contributed by atoms with Crippen LogP contribution >= 0.6 is 0 Å². The Bertz CT molecular complexity index is 1060. The van der Waals surface area contributed by atoms with Crippen molar-refractivity contribution < 1.29 is 19.1 Å².